The van der Waals surface area contributed by atoms with Crippen LogP contribution in [0.2, 0.25) is 0 Å². The molecule has 19 heavy (non-hydrogen) atoms. The summed E-state index contributed by atoms with van der Waals surface area (Å²) in [5.41, 5.74) is 6.15. The molecule has 3 N–H and O–H groups in total. The first kappa shape index (κ1) is 16.0. The van der Waals surface area contributed by atoms with Crippen molar-refractivity contribution in [2.75, 3.05) is 0 Å². The molecule has 0 amide bonds. The number of aliphatic carboxylic acids is 1. The van der Waals surface area contributed by atoms with Gasteiger partial charge < -0.3 is 10.8 Å². The van der Waals surface area contributed by atoms with Crippen LogP contribution in [0, 0.1) is 5.92 Å². The molecule has 0 heterocycles. The Morgan fingerprint density at radius 1 is 1.21 bits per heavy atom. The van der Waals surface area contributed by atoms with E-state index in [4.69, 9.17) is 5.73 Å². The summed E-state index contributed by atoms with van der Waals surface area (Å²) in [6.45, 7) is 0. The van der Waals surface area contributed by atoms with Crippen LogP contribution in [0.1, 0.15) is 37.7 Å². The summed E-state index contributed by atoms with van der Waals surface area (Å²) in [6.07, 6.45) is 5.72. The van der Waals surface area contributed by atoms with Crippen molar-refractivity contribution in [1.29, 1.82) is 0 Å². The largest absolute Gasteiger partial charge is 0.480 e. The molecule has 1 aromatic rings. The molecule has 0 radical (unpaired) electrons. The summed E-state index contributed by atoms with van der Waals surface area (Å²) in [6, 6.07) is 9.70. The summed E-state index contributed by atoms with van der Waals surface area (Å²) in [7, 11) is 0. The number of benzene rings is 1. The molecule has 1 aromatic carbocycles. The maximum Gasteiger partial charge on any atom is 0.324 e. The van der Waals surface area contributed by atoms with Gasteiger partial charge in [-0.1, -0.05) is 49.6 Å². The number of nitrogens with two attached hydrogens (primary N) is 1. The standard InChI is InChI=1S/C15H21NO2.ClH/c16-15(14(17)18,13-9-5-2-6-10-13)11-12-7-3-1-4-8-12;/h1,3-4,7-8,13H,2,5-6,9-11,16H2,(H,17,18);1H/t15-;/m0./s1. The first-order valence-electron chi connectivity index (χ1n) is 6.69. The molecule has 1 aliphatic carbocycles. The Kier molecular flexibility index (Phi) is 5.83. The number of carboxylic acids is 1. The highest BCUT2D eigenvalue weighted by Gasteiger charge is 2.42. The molecule has 4 heteroatoms. The van der Waals surface area contributed by atoms with E-state index in [1.54, 1.807) is 0 Å². The molecule has 1 atom stereocenters. The highest BCUT2D eigenvalue weighted by Crippen LogP contribution is 2.33. The molecule has 0 saturated heterocycles. The number of hydrogen-bond acceptors (Lipinski definition) is 2. The summed E-state index contributed by atoms with van der Waals surface area (Å²) in [5, 5.41) is 9.52. The van der Waals surface area contributed by atoms with Crippen LogP contribution in [0.15, 0.2) is 30.3 Å². The third-order valence-electron chi connectivity index (χ3n) is 4.07. The van der Waals surface area contributed by atoms with E-state index in [9.17, 15) is 9.90 Å². The Morgan fingerprint density at radius 3 is 2.32 bits per heavy atom. The fourth-order valence-corrected chi connectivity index (χ4v) is 2.95. The minimum Gasteiger partial charge on any atom is -0.480 e. The summed E-state index contributed by atoms with van der Waals surface area (Å²) < 4.78 is 0. The Hall–Kier alpha value is -1.06. The first-order chi connectivity index (χ1) is 8.63. The molecule has 3 nitrogen and oxygen atoms in total. The molecule has 0 spiro atoms. The van der Waals surface area contributed by atoms with Crippen LogP contribution in [-0.4, -0.2) is 16.6 Å². The van der Waals surface area contributed by atoms with Crippen LogP contribution in [0.5, 0.6) is 0 Å². The second kappa shape index (κ2) is 6.92. The van der Waals surface area contributed by atoms with Crippen LogP contribution in [0.25, 0.3) is 0 Å². The fraction of sp³-hybridized carbons (Fsp3) is 0.533. The van der Waals surface area contributed by atoms with Crippen molar-refractivity contribution < 1.29 is 9.90 Å². The van der Waals surface area contributed by atoms with E-state index < -0.39 is 11.5 Å². The average Bonchev–Trinajstić information content (AvgIpc) is 2.40. The molecule has 1 fully saturated rings. The Morgan fingerprint density at radius 2 is 1.79 bits per heavy atom. The summed E-state index contributed by atoms with van der Waals surface area (Å²) in [5.74, 6) is -0.762. The molecule has 1 aliphatic rings. The fourth-order valence-electron chi connectivity index (χ4n) is 2.95. The van der Waals surface area contributed by atoms with Crippen molar-refractivity contribution in [3.05, 3.63) is 35.9 Å². The quantitative estimate of drug-likeness (QED) is 0.893. The Bertz CT molecular complexity index is 404. The maximum absolute atomic E-state index is 11.6. The number of rotatable bonds is 4. The first-order valence-corrected chi connectivity index (χ1v) is 6.69. The molecule has 0 aliphatic heterocycles. The minimum atomic E-state index is -1.11. The van der Waals surface area contributed by atoms with E-state index in [0.717, 1.165) is 31.2 Å². The van der Waals surface area contributed by atoms with Crippen LogP contribution < -0.4 is 5.73 Å². The monoisotopic (exact) mass is 283 g/mol. The molecule has 1 saturated carbocycles. The third kappa shape index (κ3) is 3.71. The van der Waals surface area contributed by atoms with Gasteiger partial charge in [-0.25, -0.2) is 0 Å². The van der Waals surface area contributed by atoms with Gasteiger partial charge in [0.1, 0.15) is 5.54 Å². The molecule has 2 rings (SSSR count). The lowest BCUT2D eigenvalue weighted by molar-refractivity contribution is -0.146. The van der Waals surface area contributed by atoms with Gasteiger partial charge in [0.2, 0.25) is 0 Å². The average molecular weight is 284 g/mol. The highest BCUT2D eigenvalue weighted by molar-refractivity contribution is 5.85. The Balaban J connectivity index is 0.00000180. The van der Waals surface area contributed by atoms with Crippen molar-refractivity contribution in [3.63, 3.8) is 0 Å². The summed E-state index contributed by atoms with van der Waals surface area (Å²) in [4.78, 5) is 11.6. The van der Waals surface area contributed by atoms with E-state index in [1.165, 1.54) is 6.42 Å². The van der Waals surface area contributed by atoms with Crippen molar-refractivity contribution >= 4 is 18.4 Å². The van der Waals surface area contributed by atoms with Crippen LogP contribution in [0.3, 0.4) is 0 Å². The second-order valence-corrected chi connectivity index (χ2v) is 5.34. The predicted molar refractivity (Wildman–Crippen MR) is 78.5 cm³/mol. The van der Waals surface area contributed by atoms with Gasteiger partial charge in [-0.15, -0.1) is 12.4 Å². The van der Waals surface area contributed by atoms with E-state index in [-0.39, 0.29) is 18.3 Å². The topological polar surface area (TPSA) is 63.3 Å². The number of carbonyl (C=O) groups is 1. The van der Waals surface area contributed by atoms with Gasteiger partial charge in [0, 0.05) is 6.42 Å². The molecular weight excluding hydrogens is 262 g/mol. The zero-order valence-electron chi connectivity index (χ0n) is 11.0. The molecule has 0 unspecified atom stereocenters. The van der Waals surface area contributed by atoms with Crippen LogP contribution in [0.4, 0.5) is 0 Å². The van der Waals surface area contributed by atoms with Gasteiger partial charge in [0.05, 0.1) is 0 Å². The van der Waals surface area contributed by atoms with E-state index in [0.29, 0.717) is 6.42 Å². The van der Waals surface area contributed by atoms with E-state index in [2.05, 4.69) is 0 Å². The molecular formula is C15H22ClNO2. The lowest BCUT2D eigenvalue weighted by Crippen LogP contribution is -2.56. The normalized spacial score (nSPS) is 19.2. The summed E-state index contributed by atoms with van der Waals surface area (Å²) >= 11 is 0. The molecule has 106 valence electrons. The number of halogens is 1. The second-order valence-electron chi connectivity index (χ2n) is 5.34. The lowest BCUT2D eigenvalue weighted by atomic mass is 9.72. The number of hydrogen-bond donors (Lipinski definition) is 2. The van der Waals surface area contributed by atoms with Gasteiger partial charge in [0.25, 0.3) is 0 Å². The van der Waals surface area contributed by atoms with Crippen molar-refractivity contribution in [2.24, 2.45) is 11.7 Å². The van der Waals surface area contributed by atoms with Crippen molar-refractivity contribution in [3.8, 4) is 0 Å². The van der Waals surface area contributed by atoms with Crippen molar-refractivity contribution in [1.82, 2.24) is 0 Å². The third-order valence-corrected chi connectivity index (χ3v) is 4.07. The smallest absolute Gasteiger partial charge is 0.324 e. The van der Waals surface area contributed by atoms with E-state index >= 15 is 0 Å². The zero-order valence-corrected chi connectivity index (χ0v) is 11.9. The van der Waals surface area contributed by atoms with Gasteiger partial charge in [-0.05, 0) is 24.3 Å². The van der Waals surface area contributed by atoms with E-state index in [1.807, 2.05) is 30.3 Å². The number of carboxylic acid groups (broad SMARTS) is 1. The predicted octanol–water partition coefficient (Wildman–Crippen LogP) is 3.01. The van der Waals surface area contributed by atoms with Crippen LogP contribution >= 0.6 is 12.4 Å². The minimum absolute atomic E-state index is 0. The van der Waals surface area contributed by atoms with Gasteiger partial charge in [0.15, 0.2) is 0 Å². The van der Waals surface area contributed by atoms with Gasteiger partial charge in [-0.2, -0.15) is 0 Å². The maximum atomic E-state index is 11.6. The SMILES string of the molecule is Cl.N[C@](Cc1ccccc1)(C(=O)O)C1CCCCC1. The van der Waals surface area contributed by atoms with Crippen LogP contribution in [-0.2, 0) is 11.2 Å². The molecule has 0 aromatic heterocycles. The van der Waals surface area contributed by atoms with Gasteiger partial charge in [-0.3, -0.25) is 4.79 Å². The zero-order chi connectivity index (χ0) is 13.0. The highest BCUT2D eigenvalue weighted by atomic mass is 35.5. The molecule has 0 bridgehead atoms. The Labute approximate surface area is 120 Å². The lowest BCUT2D eigenvalue weighted by Gasteiger charge is -2.36. The van der Waals surface area contributed by atoms with Crippen molar-refractivity contribution in [2.45, 2.75) is 44.1 Å². The van der Waals surface area contributed by atoms with Gasteiger partial charge >= 0.3 is 5.97 Å².